The van der Waals surface area contributed by atoms with Crippen LogP contribution in [0.3, 0.4) is 0 Å². The van der Waals surface area contributed by atoms with Gasteiger partial charge in [-0.15, -0.1) is 0 Å². The average molecular weight is 286 g/mol. The number of para-hydroxylation sites is 2. The lowest BCUT2D eigenvalue weighted by atomic mass is 10.1. The van der Waals surface area contributed by atoms with Gasteiger partial charge in [0.05, 0.1) is 17.6 Å². The van der Waals surface area contributed by atoms with Crippen LogP contribution in [-0.4, -0.2) is 31.7 Å². The van der Waals surface area contributed by atoms with E-state index in [1.54, 1.807) is 6.07 Å². The van der Waals surface area contributed by atoms with E-state index >= 15 is 0 Å². The third kappa shape index (κ3) is 3.55. The highest BCUT2D eigenvalue weighted by atomic mass is 32.2. The molecule has 1 aromatic rings. The minimum absolute atomic E-state index is 0.400. The summed E-state index contributed by atoms with van der Waals surface area (Å²) in [6.07, 6.45) is 2.27. The molecule has 100 valence electrons. The van der Waals surface area contributed by atoms with E-state index in [9.17, 15) is 8.42 Å². The highest BCUT2D eigenvalue weighted by Crippen LogP contribution is 2.31. The Morgan fingerprint density at radius 1 is 1.28 bits per heavy atom. The number of sulfonamides is 1. The van der Waals surface area contributed by atoms with Gasteiger partial charge >= 0.3 is 0 Å². The SMILES string of the molecule is CC1SCCC1Nc1ccccc1NS(C)(=O)=O. The first-order valence-corrected chi connectivity index (χ1v) is 8.85. The van der Waals surface area contributed by atoms with Gasteiger partial charge in [0.2, 0.25) is 10.0 Å². The first kappa shape index (κ1) is 13.5. The van der Waals surface area contributed by atoms with E-state index in [1.807, 2.05) is 30.0 Å². The van der Waals surface area contributed by atoms with Gasteiger partial charge in [0.15, 0.2) is 0 Å². The van der Waals surface area contributed by atoms with Crippen LogP contribution in [0.25, 0.3) is 0 Å². The smallest absolute Gasteiger partial charge is 0.229 e. The number of hydrogen-bond acceptors (Lipinski definition) is 4. The predicted molar refractivity (Wildman–Crippen MR) is 78.9 cm³/mol. The molecular weight excluding hydrogens is 268 g/mol. The van der Waals surface area contributed by atoms with Gasteiger partial charge in [-0.3, -0.25) is 4.72 Å². The molecule has 2 N–H and O–H groups in total. The van der Waals surface area contributed by atoms with Crippen LogP contribution in [0.5, 0.6) is 0 Å². The first-order chi connectivity index (χ1) is 8.46. The Morgan fingerprint density at radius 3 is 2.50 bits per heavy atom. The molecule has 0 aliphatic carbocycles. The quantitative estimate of drug-likeness (QED) is 0.892. The molecule has 0 spiro atoms. The summed E-state index contributed by atoms with van der Waals surface area (Å²) in [6, 6.07) is 7.81. The average Bonchev–Trinajstić information content (AvgIpc) is 2.65. The maximum Gasteiger partial charge on any atom is 0.229 e. The van der Waals surface area contributed by atoms with Gasteiger partial charge in [-0.2, -0.15) is 11.8 Å². The molecule has 1 aliphatic rings. The van der Waals surface area contributed by atoms with Gasteiger partial charge in [-0.05, 0) is 24.3 Å². The molecule has 2 atom stereocenters. The second kappa shape index (κ2) is 5.40. The van der Waals surface area contributed by atoms with Crippen LogP contribution >= 0.6 is 11.8 Å². The fraction of sp³-hybridized carbons (Fsp3) is 0.500. The predicted octanol–water partition coefficient (Wildman–Crippen LogP) is 2.36. The molecule has 1 aliphatic heterocycles. The van der Waals surface area contributed by atoms with Gasteiger partial charge in [0.1, 0.15) is 0 Å². The van der Waals surface area contributed by atoms with Crippen molar-refractivity contribution in [2.24, 2.45) is 0 Å². The van der Waals surface area contributed by atoms with Crippen LogP contribution in [0.2, 0.25) is 0 Å². The number of hydrogen-bond donors (Lipinski definition) is 2. The van der Waals surface area contributed by atoms with Crippen molar-refractivity contribution in [2.45, 2.75) is 24.6 Å². The van der Waals surface area contributed by atoms with Gasteiger partial charge < -0.3 is 5.32 Å². The van der Waals surface area contributed by atoms with Crippen LogP contribution in [0, 0.1) is 0 Å². The van der Waals surface area contributed by atoms with E-state index in [-0.39, 0.29) is 0 Å². The molecule has 18 heavy (non-hydrogen) atoms. The van der Waals surface area contributed by atoms with Crippen molar-refractivity contribution >= 4 is 33.2 Å². The molecule has 1 aromatic carbocycles. The summed E-state index contributed by atoms with van der Waals surface area (Å²) in [5.41, 5.74) is 1.46. The summed E-state index contributed by atoms with van der Waals surface area (Å²) in [7, 11) is -3.24. The van der Waals surface area contributed by atoms with Crippen LogP contribution in [0.15, 0.2) is 24.3 Å². The van der Waals surface area contributed by atoms with Crippen molar-refractivity contribution in [3.8, 4) is 0 Å². The molecule has 6 heteroatoms. The molecule has 1 heterocycles. The maximum atomic E-state index is 11.3. The lowest BCUT2D eigenvalue weighted by Crippen LogP contribution is -2.25. The van der Waals surface area contributed by atoms with Crippen molar-refractivity contribution in [3.05, 3.63) is 24.3 Å². The Kier molecular flexibility index (Phi) is 4.07. The second-order valence-corrected chi connectivity index (χ2v) is 7.77. The highest BCUT2D eigenvalue weighted by Gasteiger charge is 2.24. The Labute approximate surface area is 113 Å². The molecule has 2 unspecified atom stereocenters. The zero-order chi connectivity index (χ0) is 13.2. The minimum Gasteiger partial charge on any atom is -0.379 e. The zero-order valence-electron chi connectivity index (χ0n) is 10.5. The summed E-state index contributed by atoms with van der Waals surface area (Å²) in [5, 5.41) is 3.99. The second-order valence-electron chi connectivity index (χ2n) is 4.54. The molecule has 0 amide bonds. The Bertz CT molecular complexity index is 517. The molecule has 0 radical (unpaired) electrons. The molecule has 0 bridgehead atoms. The molecular formula is C12H18N2O2S2. The Balaban J connectivity index is 2.17. The van der Waals surface area contributed by atoms with E-state index in [0.29, 0.717) is 17.0 Å². The monoisotopic (exact) mass is 286 g/mol. The van der Waals surface area contributed by atoms with E-state index in [0.717, 1.165) is 24.1 Å². The van der Waals surface area contributed by atoms with Crippen molar-refractivity contribution in [2.75, 3.05) is 22.0 Å². The minimum atomic E-state index is -3.24. The summed E-state index contributed by atoms with van der Waals surface area (Å²) < 4.78 is 25.2. The van der Waals surface area contributed by atoms with E-state index in [4.69, 9.17) is 0 Å². The van der Waals surface area contributed by atoms with Crippen LogP contribution < -0.4 is 10.0 Å². The van der Waals surface area contributed by atoms with E-state index in [2.05, 4.69) is 17.0 Å². The van der Waals surface area contributed by atoms with Crippen molar-refractivity contribution in [1.82, 2.24) is 0 Å². The van der Waals surface area contributed by atoms with Crippen molar-refractivity contribution in [1.29, 1.82) is 0 Å². The van der Waals surface area contributed by atoms with Crippen LogP contribution in [-0.2, 0) is 10.0 Å². The molecule has 2 rings (SSSR count). The molecule has 1 saturated heterocycles. The van der Waals surface area contributed by atoms with Crippen molar-refractivity contribution < 1.29 is 8.42 Å². The Hall–Kier alpha value is -0.880. The molecule has 1 fully saturated rings. The summed E-state index contributed by atoms with van der Waals surface area (Å²) >= 11 is 1.94. The third-order valence-corrected chi connectivity index (χ3v) is 4.86. The first-order valence-electron chi connectivity index (χ1n) is 5.91. The lowest BCUT2D eigenvalue weighted by Gasteiger charge is -2.20. The van der Waals surface area contributed by atoms with E-state index in [1.165, 1.54) is 0 Å². The third-order valence-electron chi connectivity index (χ3n) is 2.94. The van der Waals surface area contributed by atoms with E-state index < -0.39 is 10.0 Å². The Morgan fingerprint density at radius 2 is 1.94 bits per heavy atom. The summed E-state index contributed by atoms with van der Waals surface area (Å²) in [5.74, 6) is 1.15. The zero-order valence-corrected chi connectivity index (χ0v) is 12.1. The number of benzene rings is 1. The van der Waals surface area contributed by atoms with Gasteiger partial charge in [0, 0.05) is 11.3 Å². The molecule has 4 nitrogen and oxygen atoms in total. The number of nitrogens with one attached hydrogen (secondary N) is 2. The standard InChI is InChI=1S/C12H18N2O2S2/c1-9-10(7-8-17-9)13-11-5-3-4-6-12(11)14-18(2,15)16/h3-6,9-10,13-14H,7-8H2,1-2H3. The highest BCUT2D eigenvalue weighted by molar-refractivity contribution is 8.00. The van der Waals surface area contributed by atoms with Crippen LogP contribution in [0.4, 0.5) is 11.4 Å². The number of thioether (sulfide) groups is 1. The topological polar surface area (TPSA) is 58.2 Å². The number of anilines is 2. The molecule has 0 aromatic heterocycles. The fourth-order valence-corrected chi connectivity index (χ4v) is 3.79. The normalized spacial score (nSPS) is 23.9. The number of rotatable bonds is 4. The van der Waals surface area contributed by atoms with Crippen LogP contribution in [0.1, 0.15) is 13.3 Å². The summed E-state index contributed by atoms with van der Waals surface area (Å²) in [6.45, 7) is 2.20. The lowest BCUT2D eigenvalue weighted by molar-refractivity contribution is 0.607. The van der Waals surface area contributed by atoms with Gasteiger partial charge in [-0.1, -0.05) is 19.1 Å². The van der Waals surface area contributed by atoms with Gasteiger partial charge in [-0.25, -0.2) is 8.42 Å². The van der Waals surface area contributed by atoms with Gasteiger partial charge in [0.25, 0.3) is 0 Å². The fourth-order valence-electron chi connectivity index (χ4n) is 2.02. The maximum absolute atomic E-state index is 11.3. The summed E-state index contributed by atoms with van der Waals surface area (Å²) in [4.78, 5) is 0. The molecule has 0 saturated carbocycles. The van der Waals surface area contributed by atoms with Crippen molar-refractivity contribution in [3.63, 3.8) is 0 Å². The largest absolute Gasteiger partial charge is 0.379 e.